The standard InChI is InChI=1S/C24H19FN4/c1-3-17-8-11-28-16(2)24(27-23(28)12-17)22-13-19-4-5-20(25)14-21(19)29(22)15-18-6-9-26-10-7-18/h3-14H,1,15H2,2H3. The summed E-state index contributed by atoms with van der Waals surface area (Å²) in [6.45, 7) is 6.50. The first-order valence-corrected chi connectivity index (χ1v) is 9.43. The van der Waals surface area contributed by atoms with E-state index in [0.29, 0.717) is 6.54 Å². The minimum atomic E-state index is -0.250. The summed E-state index contributed by atoms with van der Waals surface area (Å²) in [4.78, 5) is 9.00. The van der Waals surface area contributed by atoms with Gasteiger partial charge in [0.15, 0.2) is 0 Å². The first-order valence-electron chi connectivity index (χ1n) is 9.43. The highest BCUT2D eigenvalue weighted by atomic mass is 19.1. The van der Waals surface area contributed by atoms with Crippen molar-refractivity contribution in [3.05, 3.63) is 96.3 Å². The van der Waals surface area contributed by atoms with Crippen LogP contribution in [0.3, 0.4) is 0 Å². The second-order valence-electron chi connectivity index (χ2n) is 7.11. The zero-order chi connectivity index (χ0) is 20.0. The second-order valence-corrected chi connectivity index (χ2v) is 7.11. The van der Waals surface area contributed by atoms with Gasteiger partial charge in [-0.15, -0.1) is 0 Å². The summed E-state index contributed by atoms with van der Waals surface area (Å²) in [7, 11) is 0. The van der Waals surface area contributed by atoms with Crippen LogP contribution in [0.15, 0.2) is 73.7 Å². The molecule has 0 unspecified atom stereocenters. The summed E-state index contributed by atoms with van der Waals surface area (Å²) in [6, 6.07) is 15.0. The quantitative estimate of drug-likeness (QED) is 0.412. The molecule has 0 bridgehead atoms. The highest BCUT2D eigenvalue weighted by molar-refractivity contribution is 5.87. The van der Waals surface area contributed by atoms with Crippen molar-refractivity contribution in [1.29, 1.82) is 0 Å². The van der Waals surface area contributed by atoms with E-state index in [9.17, 15) is 4.39 Å². The van der Waals surface area contributed by atoms with Gasteiger partial charge in [0.2, 0.25) is 0 Å². The van der Waals surface area contributed by atoms with E-state index in [-0.39, 0.29) is 5.82 Å². The fourth-order valence-electron chi connectivity index (χ4n) is 3.82. The first-order chi connectivity index (χ1) is 14.1. The van der Waals surface area contributed by atoms with E-state index in [1.54, 1.807) is 18.5 Å². The Bertz CT molecular complexity index is 1360. The average Bonchev–Trinajstić information content (AvgIpc) is 3.26. The van der Waals surface area contributed by atoms with Crippen LogP contribution in [0.25, 0.3) is 34.0 Å². The molecule has 5 rings (SSSR count). The number of imidazole rings is 1. The Hall–Kier alpha value is -3.73. The first kappa shape index (κ1) is 17.4. The third kappa shape index (κ3) is 2.91. The van der Waals surface area contributed by atoms with E-state index in [0.717, 1.165) is 44.8 Å². The Morgan fingerprint density at radius 2 is 1.90 bits per heavy atom. The zero-order valence-electron chi connectivity index (χ0n) is 16.0. The van der Waals surface area contributed by atoms with Crippen molar-refractivity contribution in [2.75, 3.05) is 0 Å². The Balaban J connectivity index is 1.76. The number of aromatic nitrogens is 4. The van der Waals surface area contributed by atoms with Crippen molar-refractivity contribution in [3.63, 3.8) is 0 Å². The summed E-state index contributed by atoms with van der Waals surface area (Å²) in [5, 5.41) is 0.985. The number of halogens is 1. The van der Waals surface area contributed by atoms with Gasteiger partial charge in [-0.1, -0.05) is 12.7 Å². The van der Waals surface area contributed by atoms with E-state index in [2.05, 4.69) is 33.5 Å². The fourth-order valence-corrected chi connectivity index (χ4v) is 3.82. The van der Waals surface area contributed by atoms with Gasteiger partial charge in [0.1, 0.15) is 17.2 Å². The second kappa shape index (κ2) is 6.71. The van der Waals surface area contributed by atoms with Crippen molar-refractivity contribution < 1.29 is 4.39 Å². The minimum absolute atomic E-state index is 0.250. The van der Waals surface area contributed by atoms with Crippen LogP contribution in [0, 0.1) is 12.7 Å². The van der Waals surface area contributed by atoms with Crippen LogP contribution in [0.4, 0.5) is 4.39 Å². The smallest absolute Gasteiger partial charge is 0.138 e. The van der Waals surface area contributed by atoms with Crippen LogP contribution in [0.5, 0.6) is 0 Å². The lowest BCUT2D eigenvalue weighted by Gasteiger charge is -2.10. The van der Waals surface area contributed by atoms with Crippen molar-refractivity contribution in [1.82, 2.24) is 18.9 Å². The molecule has 0 radical (unpaired) electrons. The minimum Gasteiger partial charge on any atom is -0.335 e. The lowest BCUT2D eigenvalue weighted by atomic mass is 10.2. The molecule has 1 aromatic carbocycles. The van der Waals surface area contributed by atoms with Gasteiger partial charge in [-0.05, 0) is 66.6 Å². The van der Waals surface area contributed by atoms with Crippen LogP contribution in [0.2, 0.25) is 0 Å². The number of aryl methyl sites for hydroxylation is 1. The highest BCUT2D eigenvalue weighted by Crippen LogP contribution is 2.32. The van der Waals surface area contributed by atoms with Crippen molar-refractivity contribution >= 4 is 22.6 Å². The van der Waals surface area contributed by atoms with Gasteiger partial charge in [-0.2, -0.15) is 0 Å². The predicted octanol–water partition coefficient (Wildman–Crippen LogP) is 5.49. The molecular weight excluding hydrogens is 363 g/mol. The maximum Gasteiger partial charge on any atom is 0.138 e. The summed E-state index contributed by atoms with van der Waals surface area (Å²) in [6.07, 6.45) is 7.36. The molecule has 0 N–H and O–H groups in total. The van der Waals surface area contributed by atoms with Crippen LogP contribution < -0.4 is 0 Å². The molecule has 5 aromatic rings. The van der Waals surface area contributed by atoms with Crippen LogP contribution in [0.1, 0.15) is 16.8 Å². The molecule has 4 aromatic heterocycles. The molecule has 0 aliphatic rings. The third-order valence-electron chi connectivity index (χ3n) is 5.32. The molecule has 0 saturated carbocycles. The summed E-state index contributed by atoms with van der Waals surface area (Å²) >= 11 is 0. The number of nitrogens with zero attached hydrogens (tertiary/aromatic N) is 4. The van der Waals surface area contributed by atoms with Gasteiger partial charge < -0.3 is 8.97 Å². The normalized spacial score (nSPS) is 11.4. The van der Waals surface area contributed by atoms with Crippen molar-refractivity contribution in [2.45, 2.75) is 13.5 Å². The van der Waals surface area contributed by atoms with Crippen molar-refractivity contribution in [3.8, 4) is 11.4 Å². The van der Waals surface area contributed by atoms with Crippen LogP contribution in [-0.2, 0) is 6.54 Å². The molecule has 0 atom stereocenters. The highest BCUT2D eigenvalue weighted by Gasteiger charge is 2.18. The molecule has 29 heavy (non-hydrogen) atoms. The van der Waals surface area contributed by atoms with Crippen molar-refractivity contribution in [2.24, 2.45) is 0 Å². The fraction of sp³-hybridized carbons (Fsp3) is 0.0833. The van der Waals surface area contributed by atoms with E-state index in [4.69, 9.17) is 4.98 Å². The Morgan fingerprint density at radius 3 is 2.69 bits per heavy atom. The van der Waals surface area contributed by atoms with Gasteiger partial charge in [0, 0.05) is 36.2 Å². The van der Waals surface area contributed by atoms with E-state index < -0.39 is 0 Å². The van der Waals surface area contributed by atoms with Gasteiger partial charge in [0.05, 0.1) is 11.2 Å². The molecule has 5 heteroatoms. The predicted molar refractivity (Wildman–Crippen MR) is 114 cm³/mol. The summed E-state index contributed by atoms with van der Waals surface area (Å²) in [5.41, 5.74) is 6.71. The average molecular weight is 382 g/mol. The largest absolute Gasteiger partial charge is 0.335 e. The Labute approximate surface area is 167 Å². The molecule has 0 spiro atoms. The number of pyridine rings is 2. The lowest BCUT2D eigenvalue weighted by molar-refractivity contribution is 0.628. The maximum absolute atomic E-state index is 14.0. The number of hydrogen-bond acceptors (Lipinski definition) is 2. The number of fused-ring (bicyclic) bond motifs is 2. The number of hydrogen-bond donors (Lipinski definition) is 0. The molecule has 4 nitrogen and oxygen atoms in total. The Morgan fingerprint density at radius 1 is 1.07 bits per heavy atom. The van der Waals surface area contributed by atoms with Gasteiger partial charge >= 0.3 is 0 Å². The number of rotatable bonds is 4. The maximum atomic E-state index is 14.0. The molecular formula is C24H19FN4. The topological polar surface area (TPSA) is 35.1 Å². The van der Waals surface area contributed by atoms with E-state index in [1.807, 2.05) is 42.6 Å². The molecule has 0 fully saturated rings. The summed E-state index contributed by atoms with van der Waals surface area (Å²) in [5.74, 6) is -0.250. The monoisotopic (exact) mass is 382 g/mol. The van der Waals surface area contributed by atoms with E-state index in [1.165, 1.54) is 6.07 Å². The molecule has 142 valence electrons. The van der Waals surface area contributed by atoms with Gasteiger partial charge in [-0.3, -0.25) is 4.98 Å². The zero-order valence-corrected chi connectivity index (χ0v) is 16.0. The van der Waals surface area contributed by atoms with Crippen LogP contribution in [-0.4, -0.2) is 18.9 Å². The molecule has 0 aliphatic carbocycles. The molecule has 0 saturated heterocycles. The van der Waals surface area contributed by atoms with Gasteiger partial charge in [-0.25, -0.2) is 9.37 Å². The van der Waals surface area contributed by atoms with Gasteiger partial charge in [0.25, 0.3) is 0 Å². The lowest BCUT2D eigenvalue weighted by Crippen LogP contribution is -2.03. The third-order valence-corrected chi connectivity index (χ3v) is 5.32. The summed E-state index contributed by atoms with van der Waals surface area (Å²) < 4.78 is 18.2. The molecule has 0 amide bonds. The van der Waals surface area contributed by atoms with E-state index >= 15 is 0 Å². The van der Waals surface area contributed by atoms with Crippen LogP contribution >= 0.6 is 0 Å². The Kier molecular flexibility index (Phi) is 4.02. The SMILES string of the molecule is C=Cc1ccn2c(C)c(-c3cc4ccc(F)cc4n3Cc3ccncc3)nc2c1. The molecule has 0 aliphatic heterocycles. The number of benzene rings is 1. The molecule has 4 heterocycles.